The molecule has 0 aromatic heterocycles. The van der Waals surface area contributed by atoms with Crippen LogP contribution in [-0.4, -0.2) is 56.7 Å². The molecule has 0 fully saturated rings. The Morgan fingerprint density at radius 2 is 1.70 bits per heavy atom. The molecule has 0 saturated carbocycles. The minimum absolute atomic E-state index is 0. The van der Waals surface area contributed by atoms with E-state index in [9.17, 15) is 0 Å². The van der Waals surface area contributed by atoms with Crippen LogP contribution < -0.4 is 12.4 Å². The van der Waals surface area contributed by atoms with Crippen LogP contribution in [0.25, 0.3) is 0 Å². The van der Waals surface area contributed by atoms with Gasteiger partial charge in [0.1, 0.15) is 0 Å². The molecule has 4 heteroatoms. The van der Waals surface area contributed by atoms with Crippen LogP contribution in [0, 0.1) is 6.55 Å². The van der Waals surface area contributed by atoms with Crippen LogP contribution >= 0.6 is 0 Å². The zero-order chi connectivity index (χ0) is 6.41. The molecule has 1 nitrogen and oxygen atoms in total. The second-order valence-corrected chi connectivity index (χ2v) is 2.53. The first-order valence-corrected chi connectivity index (χ1v) is 4.48. The quantitative estimate of drug-likeness (QED) is 0.345. The van der Waals surface area contributed by atoms with Gasteiger partial charge in [-0.2, -0.15) is 0 Å². The van der Waals surface area contributed by atoms with E-state index in [-0.39, 0.29) is 35.5 Å². The van der Waals surface area contributed by atoms with E-state index in [0.29, 0.717) is 0 Å². The van der Waals surface area contributed by atoms with Crippen molar-refractivity contribution < 1.29 is 12.4 Å². The van der Waals surface area contributed by atoms with E-state index in [1.807, 2.05) is 0 Å². The zero-order valence-electron chi connectivity index (χ0n) is 6.86. The van der Waals surface area contributed by atoms with E-state index in [0.717, 1.165) is 9.52 Å². The first kappa shape index (κ1) is 17.4. The smallest absolute Gasteiger partial charge is 1.00 e. The van der Waals surface area contributed by atoms with Gasteiger partial charge >= 0.3 is 23.1 Å². The van der Waals surface area contributed by atoms with Gasteiger partial charge in [0.05, 0.1) is 0 Å². The standard InChI is InChI=1S/C6H14NSi.ClH.Mg/c1-4-7(5-2)6-8-3;;/h3-6H2,1-2H3;1H;/q-1;;+2/p-1. The summed E-state index contributed by atoms with van der Waals surface area (Å²) in [6, 6.07) is 0. The molecule has 0 aliphatic rings. The molecule has 0 aliphatic carbocycles. The SMILES string of the molecule is [CH2-][Si]CN(CC)CC.[Cl-].[Mg+2]. The second kappa shape index (κ2) is 12.9. The molecule has 56 valence electrons. The maximum Gasteiger partial charge on any atom is 2.00 e. The molecule has 10 heavy (non-hydrogen) atoms. The number of rotatable bonds is 4. The van der Waals surface area contributed by atoms with Crippen LogP contribution in [0.1, 0.15) is 13.8 Å². The molecule has 0 heterocycles. The monoisotopic (exact) mass is 187 g/mol. The van der Waals surface area contributed by atoms with E-state index in [1.54, 1.807) is 0 Å². The van der Waals surface area contributed by atoms with Gasteiger partial charge in [0.15, 0.2) is 0 Å². The molecule has 0 aromatic rings. The van der Waals surface area contributed by atoms with Crippen LogP contribution in [-0.2, 0) is 0 Å². The van der Waals surface area contributed by atoms with Crippen molar-refractivity contribution in [2.24, 2.45) is 0 Å². The van der Waals surface area contributed by atoms with Crippen LogP contribution in [0.15, 0.2) is 0 Å². The van der Waals surface area contributed by atoms with Crippen LogP contribution in [0.3, 0.4) is 0 Å². The van der Waals surface area contributed by atoms with Crippen molar-refractivity contribution in [3.63, 3.8) is 0 Å². The van der Waals surface area contributed by atoms with Gasteiger partial charge in [-0.3, -0.25) is 0 Å². The van der Waals surface area contributed by atoms with Gasteiger partial charge < -0.3 is 23.9 Å². The summed E-state index contributed by atoms with van der Waals surface area (Å²) in [6.45, 7) is 10.5. The van der Waals surface area contributed by atoms with Crippen molar-refractivity contribution in [2.45, 2.75) is 13.8 Å². The predicted molar refractivity (Wildman–Crippen MR) is 44.7 cm³/mol. The van der Waals surface area contributed by atoms with Gasteiger partial charge in [-0.25, -0.2) is 0 Å². The fourth-order valence-corrected chi connectivity index (χ4v) is 1.37. The molecule has 0 bridgehead atoms. The average Bonchev–Trinajstić information content (AvgIpc) is 1.83. The third-order valence-corrected chi connectivity index (χ3v) is 1.90. The molecule has 0 aliphatic heterocycles. The number of halogens is 1. The Hall–Kier alpha value is 1.23. The summed E-state index contributed by atoms with van der Waals surface area (Å²) in [4.78, 5) is 2.38. The number of hydrogen-bond acceptors (Lipinski definition) is 1. The maximum absolute atomic E-state index is 3.81. The topological polar surface area (TPSA) is 3.24 Å². The van der Waals surface area contributed by atoms with E-state index >= 15 is 0 Å². The molecule has 0 rings (SSSR count). The minimum Gasteiger partial charge on any atom is -1.00 e. The molecular weight excluding hydrogens is 174 g/mol. The zero-order valence-corrected chi connectivity index (χ0v) is 10.0. The van der Waals surface area contributed by atoms with Gasteiger partial charge in [-0.1, -0.05) is 13.8 Å². The fourth-order valence-electron chi connectivity index (χ4n) is 0.605. The van der Waals surface area contributed by atoms with Crippen molar-refractivity contribution >= 4 is 32.6 Å². The van der Waals surface area contributed by atoms with Gasteiger partial charge in [0, 0.05) is 0 Å². The largest absolute Gasteiger partial charge is 2.00 e. The minimum atomic E-state index is 0. The van der Waals surface area contributed by atoms with Crippen molar-refractivity contribution in [3.8, 4) is 0 Å². The summed E-state index contributed by atoms with van der Waals surface area (Å²) < 4.78 is 0. The van der Waals surface area contributed by atoms with Gasteiger partial charge in [0.25, 0.3) is 0 Å². The molecule has 2 radical (unpaired) electrons. The first-order valence-electron chi connectivity index (χ1n) is 3.07. The normalized spacial score (nSPS) is 8.40. The Kier molecular flexibility index (Phi) is 22.3. The summed E-state index contributed by atoms with van der Waals surface area (Å²) in [5.41, 5.74) is 0. The molecule has 0 spiro atoms. The Morgan fingerprint density at radius 1 is 1.30 bits per heavy atom. The van der Waals surface area contributed by atoms with Gasteiger partial charge in [-0.15, -0.1) is 9.52 Å². The summed E-state index contributed by atoms with van der Waals surface area (Å²) in [5.74, 6) is 0. The summed E-state index contributed by atoms with van der Waals surface area (Å²) >= 11 is 0. The van der Waals surface area contributed by atoms with Gasteiger partial charge in [-0.05, 0) is 19.3 Å². The Bertz CT molecular complexity index is 53.0. The third-order valence-electron chi connectivity index (χ3n) is 1.23. The van der Waals surface area contributed by atoms with Crippen molar-refractivity contribution in [2.75, 3.05) is 19.3 Å². The Morgan fingerprint density at radius 3 is 1.80 bits per heavy atom. The Balaban J connectivity index is -0.000000245. The summed E-state index contributed by atoms with van der Waals surface area (Å²) in [6.07, 6.45) is 1.17. The van der Waals surface area contributed by atoms with Crippen LogP contribution in [0.4, 0.5) is 0 Å². The van der Waals surface area contributed by atoms with E-state index in [1.165, 1.54) is 19.3 Å². The maximum atomic E-state index is 3.81. The summed E-state index contributed by atoms with van der Waals surface area (Å²) in [7, 11) is 0.828. The van der Waals surface area contributed by atoms with E-state index in [2.05, 4.69) is 25.3 Å². The Labute approximate surface area is 89.3 Å². The third kappa shape index (κ3) is 9.23. The van der Waals surface area contributed by atoms with Crippen molar-refractivity contribution in [1.82, 2.24) is 4.90 Å². The average molecular weight is 188 g/mol. The molecular formula is C6H14ClMgNSi. The second-order valence-electron chi connectivity index (χ2n) is 1.71. The molecule has 0 amide bonds. The molecule has 0 unspecified atom stereocenters. The predicted octanol–water partition coefficient (Wildman–Crippen LogP) is -2.60. The van der Waals surface area contributed by atoms with Crippen LogP contribution in [0.2, 0.25) is 0 Å². The van der Waals surface area contributed by atoms with Crippen molar-refractivity contribution in [1.29, 1.82) is 0 Å². The van der Waals surface area contributed by atoms with E-state index < -0.39 is 0 Å². The first-order chi connectivity index (χ1) is 3.85. The fraction of sp³-hybridized carbons (Fsp3) is 0.833. The molecule has 0 N–H and O–H groups in total. The van der Waals surface area contributed by atoms with Crippen molar-refractivity contribution in [3.05, 3.63) is 6.55 Å². The van der Waals surface area contributed by atoms with E-state index in [4.69, 9.17) is 0 Å². The van der Waals surface area contributed by atoms with Crippen LogP contribution in [0.5, 0.6) is 0 Å². The molecule has 0 saturated heterocycles. The number of nitrogens with zero attached hydrogens (tertiary/aromatic N) is 1. The molecule has 0 aromatic carbocycles. The summed E-state index contributed by atoms with van der Waals surface area (Å²) in [5, 5.41) is 0. The molecule has 0 atom stereocenters. The number of hydrogen-bond donors (Lipinski definition) is 0. The van der Waals surface area contributed by atoms with Gasteiger partial charge in [0.2, 0.25) is 0 Å².